The number of benzene rings is 2. The Kier molecular flexibility index (Phi) is 7.85. The molecule has 6 nitrogen and oxygen atoms in total. The van der Waals surface area contributed by atoms with Gasteiger partial charge in [-0.25, -0.2) is 0 Å². The summed E-state index contributed by atoms with van der Waals surface area (Å²) >= 11 is 6.01. The van der Waals surface area contributed by atoms with Gasteiger partial charge in [0, 0.05) is 32.6 Å². The molecular weight excluding hydrogens is 402 g/mol. The Morgan fingerprint density at radius 1 is 0.833 bits per heavy atom. The van der Waals surface area contributed by atoms with Crippen molar-refractivity contribution in [1.29, 1.82) is 0 Å². The van der Waals surface area contributed by atoms with Gasteiger partial charge in [-0.2, -0.15) is 0 Å². The highest BCUT2D eigenvalue weighted by atomic mass is 35.5. The zero-order valence-corrected chi connectivity index (χ0v) is 17.6. The predicted molar refractivity (Wildman–Crippen MR) is 116 cm³/mol. The van der Waals surface area contributed by atoms with Crippen LogP contribution in [0.2, 0.25) is 5.02 Å². The van der Waals surface area contributed by atoms with Crippen molar-refractivity contribution in [3.8, 4) is 0 Å². The Labute approximate surface area is 181 Å². The third-order valence-electron chi connectivity index (χ3n) is 5.20. The lowest BCUT2D eigenvalue weighted by Crippen LogP contribution is -2.52. The number of hydrogen-bond donors (Lipinski definition) is 1. The van der Waals surface area contributed by atoms with Gasteiger partial charge in [0.05, 0.1) is 17.1 Å². The molecule has 0 spiro atoms. The Morgan fingerprint density at radius 3 is 2.10 bits per heavy atom. The maximum atomic E-state index is 12.4. The van der Waals surface area contributed by atoms with Crippen molar-refractivity contribution < 1.29 is 14.4 Å². The van der Waals surface area contributed by atoms with Crippen LogP contribution in [0, 0.1) is 0 Å². The van der Waals surface area contributed by atoms with E-state index in [9.17, 15) is 14.4 Å². The number of piperazine rings is 1. The fourth-order valence-corrected chi connectivity index (χ4v) is 3.68. The summed E-state index contributed by atoms with van der Waals surface area (Å²) in [4.78, 5) is 40.5. The summed E-state index contributed by atoms with van der Waals surface area (Å²) in [6, 6.07) is 16.8. The summed E-state index contributed by atoms with van der Waals surface area (Å²) < 4.78 is 0. The molecular formula is C23H26ClN3O3. The van der Waals surface area contributed by atoms with Crippen molar-refractivity contribution in [1.82, 2.24) is 15.1 Å². The van der Waals surface area contributed by atoms with E-state index in [1.165, 1.54) is 5.56 Å². The first-order valence-electron chi connectivity index (χ1n) is 10.2. The van der Waals surface area contributed by atoms with Crippen LogP contribution in [-0.4, -0.2) is 60.2 Å². The quantitative estimate of drug-likeness (QED) is 0.738. The maximum absolute atomic E-state index is 12.4. The molecule has 1 N–H and O–H groups in total. The van der Waals surface area contributed by atoms with E-state index in [0.29, 0.717) is 43.2 Å². The van der Waals surface area contributed by atoms with E-state index in [2.05, 4.69) is 17.4 Å². The van der Waals surface area contributed by atoms with Gasteiger partial charge in [0.25, 0.3) is 5.91 Å². The molecule has 30 heavy (non-hydrogen) atoms. The molecule has 0 radical (unpaired) electrons. The van der Waals surface area contributed by atoms with Crippen LogP contribution in [0.5, 0.6) is 0 Å². The van der Waals surface area contributed by atoms with Crippen molar-refractivity contribution in [3.63, 3.8) is 0 Å². The molecule has 2 aromatic carbocycles. The first-order valence-corrected chi connectivity index (χ1v) is 10.5. The van der Waals surface area contributed by atoms with Crippen LogP contribution in [0.15, 0.2) is 54.6 Å². The van der Waals surface area contributed by atoms with Crippen molar-refractivity contribution in [2.75, 3.05) is 32.7 Å². The van der Waals surface area contributed by atoms with E-state index in [-0.39, 0.29) is 24.3 Å². The van der Waals surface area contributed by atoms with Gasteiger partial charge in [-0.15, -0.1) is 0 Å². The first kappa shape index (κ1) is 21.8. The Morgan fingerprint density at radius 2 is 1.43 bits per heavy atom. The number of carbonyl (C=O) groups is 3. The summed E-state index contributed by atoms with van der Waals surface area (Å²) in [6.45, 7) is 1.91. The molecule has 1 fully saturated rings. The number of nitrogens with zero attached hydrogens (tertiary/aromatic N) is 2. The highest BCUT2D eigenvalue weighted by Crippen LogP contribution is 2.14. The molecule has 0 aromatic heterocycles. The summed E-state index contributed by atoms with van der Waals surface area (Å²) in [5, 5.41) is 2.97. The van der Waals surface area contributed by atoms with Gasteiger partial charge in [-0.05, 0) is 30.5 Å². The van der Waals surface area contributed by atoms with Gasteiger partial charge in [-0.1, -0.05) is 54.1 Å². The molecule has 1 aliphatic rings. The minimum Gasteiger partial charge on any atom is -0.343 e. The number of halogens is 1. The Hall–Kier alpha value is -2.86. The number of aryl methyl sites for hydroxylation is 1. The zero-order chi connectivity index (χ0) is 21.3. The molecule has 0 aliphatic carbocycles. The normalized spacial score (nSPS) is 13.8. The molecule has 1 saturated heterocycles. The fourth-order valence-electron chi connectivity index (χ4n) is 3.46. The van der Waals surface area contributed by atoms with Gasteiger partial charge in [0.15, 0.2) is 0 Å². The molecule has 2 aromatic rings. The number of rotatable bonds is 7. The first-order chi connectivity index (χ1) is 14.5. The summed E-state index contributed by atoms with van der Waals surface area (Å²) in [5.74, 6) is -0.405. The summed E-state index contributed by atoms with van der Waals surface area (Å²) in [7, 11) is 0. The van der Waals surface area contributed by atoms with Crippen LogP contribution < -0.4 is 5.32 Å². The van der Waals surface area contributed by atoms with Crippen LogP contribution in [0.25, 0.3) is 0 Å². The number of hydrogen-bond acceptors (Lipinski definition) is 3. The number of nitrogens with one attached hydrogen (secondary N) is 1. The SMILES string of the molecule is O=C(NCC(=O)N1CCN(C(=O)CCCc2ccccc2)CC1)c1ccccc1Cl. The molecule has 1 aliphatic heterocycles. The third kappa shape index (κ3) is 6.07. The molecule has 3 rings (SSSR count). The average Bonchev–Trinajstić information content (AvgIpc) is 2.78. The second kappa shape index (κ2) is 10.8. The second-order valence-electron chi connectivity index (χ2n) is 7.26. The van der Waals surface area contributed by atoms with E-state index in [0.717, 1.165) is 12.8 Å². The van der Waals surface area contributed by atoms with Gasteiger partial charge in [0.2, 0.25) is 11.8 Å². The smallest absolute Gasteiger partial charge is 0.253 e. The number of carbonyl (C=O) groups excluding carboxylic acids is 3. The predicted octanol–water partition coefficient (Wildman–Crippen LogP) is 2.76. The lowest BCUT2D eigenvalue weighted by molar-refractivity contribution is -0.139. The fraction of sp³-hybridized carbons (Fsp3) is 0.348. The topological polar surface area (TPSA) is 69.7 Å². The van der Waals surface area contributed by atoms with Crippen LogP contribution in [0.3, 0.4) is 0 Å². The Bertz CT molecular complexity index is 880. The highest BCUT2D eigenvalue weighted by Gasteiger charge is 2.24. The van der Waals surface area contributed by atoms with Gasteiger partial charge in [0.1, 0.15) is 0 Å². The van der Waals surface area contributed by atoms with Crippen LogP contribution in [0.1, 0.15) is 28.8 Å². The van der Waals surface area contributed by atoms with E-state index in [4.69, 9.17) is 11.6 Å². The van der Waals surface area contributed by atoms with Crippen molar-refractivity contribution in [2.24, 2.45) is 0 Å². The van der Waals surface area contributed by atoms with Gasteiger partial charge in [-0.3, -0.25) is 14.4 Å². The highest BCUT2D eigenvalue weighted by molar-refractivity contribution is 6.33. The van der Waals surface area contributed by atoms with Crippen LogP contribution in [0.4, 0.5) is 0 Å². The Balaban J connectivity index is 1.37. The van der Waals surface area contributed by atoms with E-state index in [1.54, 1.807) is 29.2 Å². The lowest BCUT2D eigenvalue weighted by atomic mass is 10.1. The van der Waals surface area contributed by atoms with E-state index < -0.39 is 0 Å². The average molecular weight is 428 g/mol. The maximum Gasteiger partial charge on any atom is 0.253 e. The zero-order valence-electron chi connectivity index (χ0n) is 16.9. The van der Waals surface area contributed by atoms with E-state index >= 15 is 0 Å². The second-order valence-corrected chi connectivity index (χ2v) is 7.67. The monoisotopic (exact) mass is 427 g/mol. The minimum absolute atomic E-state index is 0.0882. The van der Waals surface area contributed by atoms with Gasteiger partial charge >= 0.3 is 0 Å². The summed E-state index contributed by atoms with van der Waals surface area (Å²) in [6.07, 6.45) is 2.21. The van der Waals surface area contributed by atoms with Gasteiger partial charge < -0.3 is 15.1 Å². The van der Waals surface area contributed by atoms with Crippen molar-refractivity contribution in [3.05, 3.63) is 70.7 Å². The molecule has 0 unspecified atom stereocenters. The largest absolute Gasteiger partial charge is 0.343 e. The van der Waals surface area contributed by atoms with Crippen LogP contribution >= 0.6 is 11.6 Å². The molecule has 0 bridgehead atoms. The number of amides is 3. The molecule has 7 heteroatoms. The minimum atomic E-state index is -0.374. The molecule has 0 atom stereocenters. The standard InChI is InChI=1S/C23H26ClN3O3/c24-20-11-5-4-10-19(20)23(30)25-17-22(29)27-15-13-26(14-16-27)21(28)12-6-9-18-7-2-1-3-8-18/h1-5,7-8,10-11H,6,9,12-17H2,(H,25,30). The molecule has 158 valence electrons. The molecule has 0 saturated carbocycles. The molecule has 3 amide bonds. The van der Waals surface area contributed by atoms with Crippen LogP contribution in [-0.2, 0) is 16.0 Å². The molecule has 1 heterocycles. The van der Waals surface area contributed by atoms with E-state index in [1.807, 2.05) is 23.1 Å². The lowest BCUT2D eigenvalue weighted by Gasteiger charge is -2.35. The third-order valence-corrected chi connectivity index (χ3v) is 5.53. The van der Waals surface area contributed by atoms with Crippen molar-refractivity contribution >= 4 is 29.3 Å². The summed E-state index contributed by atoms with van der Waals surface area (Å²) in [5.41, 5.74) is 1.58. The van der Waals surface area contributed by atoms with Crippen molar-refractivity contribution in [2.45, 2.75) is 19.3 Å².